The SMILES string of the molecule is COc1ccc(N(c2ccc(/C=C/C=C(\c3ccccc3)c3cccc4ccccc34)cc2)c2ccc(OC)cc2)cc1. The lowest BCUT2D eigenvalue weighted by molar-refractivity contribution is 0.415. The number of anilines is 3. The fourth-order valence-corrected chi connectivity index (χ4v) is 5.32. The van der Waals surface area contributed by atoms with Gasteiger partial charge in [0.2, 0.25) is 0 Å². The van der Waals surface area contributed by atoms with Crippen molar-refractivity contribution in [2.24, 2.45) is 0 Å². The van der Waals surface area contributed by atoms with Crippen LogP contribution in [0.4, 0.5) is 17.1 Å². The second-order valence-corrected chi connectivity index (χ2v) is 10.2. The molecule has 0 heterocycles. The van der Waals surface area contributed by atoms with E-state index in [1.165, 1.54) is 27.5 Å². The molecule has 0 saturated carbocycles. The predicted octanol–water partition coefficient (Wildman–Crippen LogP) is 10.5. The maximum absolute atomic E-state index is 5.39. The van der Waals surface area contributed by atoms with Crippen molar-refractivity contribution in [3.05, 3.63) is 174 Å². The molecule has 3 heteroatoms. The van der Waals surface area contributed by atoms with Crippen LogP contribution in [0.3, 0.4) is 0 Å². The zero-order valence-corrected chi connectivity index (χ0v) is 24.4. The zero-order valence-electron chi connectivity index (χ0n) is 24.4. The first-order chi connectivity index (χ1) is 21.2. The first-order valence-corrected chi connectivity index (χ1v) is 14.3. The summed E-state index contributed by atoms with van der Waals surface area (Å²) in [6.45, 7) is 0. The van der Waals surface area contributed by atoms with Gasteiger partial charge in [-0.1, -0.05) is 103 Å². The van der Waals surface area contributed by atoms with Gasteiger partial charge >= 0.3 is 0 Å². The number of hydrogen-bond acceptors (Lipinski definition) is 3. The topological polar surface area (TPSA) is 21.7 Å². The van der Waals surface area contributed by atoms with Crippen LogP contribution in [-0.2, 0) is 0 Å². The van der Waals surface area contributed by atoms with Crippen molar-refractivity contribution >= 4 is 39.5 Å². The van der Waals surface area contributed by atoms with Crippen LogP contribution in [-0.4, -0.2) is 14.2 Å². The molecule has 0 aliphatic carbocycles. The van der Waals surface area contributed by atoms with Crippen molar-refractivity contribution in [2.75, 3.05) is 19.1 Å². The van der Waals surface area contributed by atoms with Gasteiger partial charge in [0.05, 0.1) is 14.2 Å². The maximum atomic E-state index is 5.39. The van der Waals surface area contributed by atoms with Gasteiger partial charge in [0, 0.05) is 17.1 Å². The number of rotatable bonds is 9. The van der Waals surface area contributed by atoms with Gasteiger partial charge in [-0.3, -0.25) is 0 Å². The summed E-state index contributed by atoms with van der Waals surface area (Å²) in [4.78, 5) is 2.22. The van der Waals surface area contributed by atoms with Gasteiger partial charge in [-0.15, -0.1) is 0 Å². The molecule has 43 heavy (non-hydrogen) atoms. The van der Waals surface area contributed by atoms with E-state index in [1.54, 1.807) is 14.2 Å². The molecule has 6 rings (SSSR count). The Labute approximate surface area is 253 Å². The van der Waals surface area contributed by atoms with E-state index in [1.807, 2.05) is 24.3 Å². The number of allylic oxidation sites excluding steroid dienone is 2. The third-order valence-corrected chi connectivity index (χ3v) is 7.53. The molecule has 0 spiro atoms. The minimum Gasteiger partial charge on any atom is -0.497 e. The minimum atomic E-state index is 0.824. The smallest absolute Gasteiger partial charge is 0.119 e. The molecule has 6 aromatic rings. The van der Waals surface area contributed by atoms with E-state index in [0.29, 0.717) is 0 Å². The van der Waals surface area contributed by atoms with Gasteiger partial charge in [0.25, 0.3) is 0 Å². The lowest BCUT2D eigenvalue weighted by Gasteiger charge is -2.26. The van der Waals surface area contributed by atoms with Crippen LogP contribution in [0, 0.1) is 0 Å². The van der Waals surface area contributed by atoms with Crippen molar-refractivity contribution < 1.29 is 9.47 Å². The number of benzene rings is 6. The summed E-state index contributed by atoms with van der Waals surface area (Å²) in [6, 6.07) is 50.5. The van der Waals surface area contributed by atoms with E-state index in [-0.39, 0.29) is 0 Å². The molecule has 0 fully saturated rings. The van der Waals surface area contributed by atoms with Gasteiger partial charge in [0.15, 0.2) is 0 Å². The average Bonchev–Trinajstić information content (AvgIpc) is 3.08. The lowest BCUT2D eigenvalue weighted by Crippen LogP contribution is -2.09. The van der Waals surface area contributed by atoms with Crippen molar-refractivity contribution in [2.45, 2.75) is 0 Å². The fraction of sp³-hybridized carbons (Fsp3) is 0.0500. The number of nitrogens with zero attached hydrogens (tertiary/aromatic N) is 1. The van der Waals surface area contributed by atoms with Gasteiger partial charge in [-0.2, -0.15) is 0 Å². The highest BCUT2D eigenvalue weighted by atomic mass is 16.5. The normalized spacial score (nSPS) is 11.5. The first-order valence-electron chi connectivity index (χ1n) is 14.3. The maximum Gasteiger partial charge on any atom is 0.119 e. The Balaban J connectivity index is 1.33. The second kappa shape index (κ2) is 13.0. The Kier molecular flexibility index (Phi) is 8.33. The Bertz CT molecular complexity index is 1800. The summed E-state index contributed by atoms with van der Waals surface area (Å²) >= 11 is 0. The molecule has 0 amide bonds. The van der Waals surface area contributed by atoms with Crippen LogP contribution < -0.4 is 14.4 Å². The molecule has 210 valence electrons. The third kappa shape index (κ3) is 6.22. The van der Waals surface area contributed by atoms with Crippen molar-refractivity contribution in [1.82, 2.24) is 0 Å². The standard InChI is InChI=1S/C40H33NO2/c1-42-36-26-22-34(23-27-36)41(35-24-28-37(43-2)29-25-35)33-20-18-30(19-21-33)10-8-16-39(31-11-4-3-5-12-31)40-17-9-14-32-13-6-7-15-38(32)40/h3-29H,1-2H3/b10-8+,39-16+. The second-order valence-electron chi connectivity index (χ2n) is 10.2. The first kappa shape index (κ1) is 27.6. The Morgan fingerprint density at radius 1 is 0.535 bits per heavy atom. The molecule has 0 radical (unpaired) electrons. The highest BCUT2D eigenvalue weighted by Crippen LogP contribution is 2.36. The Hall–Kier alpha value is -5.54. The molecule has 3 nitrogen and oxygen atoms in total. The number of hydrogen-bond donors (Lipinski definition) is 0. The number of fused-ring (bicyclic) bond motifs is 1. The molecule has 0 atom stereocenters. The fourth-order valence-electron chi connectivity index (χ4n) is 5.32. The highest BCUT2D eigenvalue weighted by Gasteiger charge is 2.13. The number of methoxy groups -OCH3 is 2. The molecular weight excluding hydrogens is 526 g/mol. The summed E-state index contributed by atoms with van der Waals surface area (Å²) in [6.07, 6.45) is 6.51. The van der Waals surface area contributed by atoms with E-state index < -0.39 is 0 Å². The number of ether oxygens (including phenoxy) is 2. The zero-order chi connectivity index (χ0) is 29.4. The summed E-state index contributed by atoms with van der Waals surface area (Å²) in [5.41, 5.74) is 7.86. The molecule has 0 aromatic heterocycles. The van der Waals surface area contributed by atoms with Crippen molar-refractivity contribution in [3.8, 4) is 11.5 Å². The van der Waals surface area contributed by atoms with E-state index in [4.69, 9.17) is 9.47 Å². The van der Waals surface area contributed by atoms with E-state index in [0.717, 1.165) is 34.1 Å². The van der Waals surface area contributed by atoms with E-state index in [9.17, 15) is 0 Å². The predicted molar refractivity (Wildman–Crippen MR) is 181 cm³/mol. The van der Waals surface area contributed by atoms with Gasteiger partial charge in [0.1, 0.15) is 11.5 Å². The lowest BCUT2D eigenvalue weighted by atomic mass is 9.93. The highest BCUT2D eigenvalue weighted by molar-refractivity contribution is 5.98. The molecular formula is C40H33NO2. The summed E-state index contributed by atoms with van der Waals surface area (Å²) in [5.74, 6) is 1.65. The van der Waals surface area contributed by atoms with Crippen LogP contribution in [0.1, 0.15) is 16.7 Å². The van der Waals surface area contributed by atoms with Gasteiger partial charge in [-0.25, -0.2) is 0 Å². The molecule has 0 N–H and O–H groups in total. The van der Waals surface area contributed by atoms with Crippen LogP contribution >= 0.6 is 0 Å². The molecule has 0 unspecified atom stereocenters. The van der Waals surface area contributed by atoms with E-state index in [2.05, 4.69) is 144 Å². The van der Waals surface area contributed by atoms with E-state index >= 15 is 0 Å². The van der Waals surface area contributed by atoms with Gasteiger partial charge < -0.3 is 14.4 Å². The molecule has 0 aliphatic rings. The quantitative estimate of drug-likeness (QED) is 0.165. The van der Waals surface area contributed by atoms with Crippen LogP contribution in [0.2, 0.25) is 0 Å². The van der Waals surface area contributed by atoms with Crippen molar-refractivity contribution in [3.63, 3.8) is 0 Å². The van der Waals surface area contributed by atoms with Crippen LogP contribution in [0.15, 0.2) is 158 Å². The largest absolute Gasteiger partial charge is 0.497 e. The van der Waals surface area contributed by atoms with Crippen molar-refractivity contribution in [1.29, 1.82) is 0 Å². The molecule has 0 aliphatic heterocycles. The monoisotopic (exact) mass is 559 g/mol. The third-order valence-electron chi connectivity index (χ3n) is 7.53. The summed E-state index contributed by atoms with van der Waals surface area (Å²) < 4.78 is 10.8. The Morgan fingerprint density at radius 2 is 1.07 bits per heavy atom. The van der Waals surface area contributed by atoms with Crippen LogP contribution in [0.25, 0.3) is 22.4 Å². The molecule has 0 saturated heterocycles. The molecule has 6 aromatic carbocycles. The minimum absolute atomic E-state index is 0.824. The summed E-state index contributed by atoms with van der Waals surface area (Å²) in [7, 11) is 3.37. The molecule has 0 bridgehead atoms. The Morgan fingerprint density at radius 3 is 1.67 bits per heavy atom. The summed E-state index contributed by atoms with van der Waals surface area (Å²) in [5, 5.41) is 2.48. The van der Waals surface area contributed by atoms with Gasteiger partial charge in [-0.05, 0) is 93.7 Å². The van der Waals surface area contributed by atoms with Crippen LogP contribution in [0.5, 0.6) is 11.5 Å². The average molecular weight is 560 g/mol.